The van der Waals surface area contributed by atoms with Crippen LogP contribution in [0.25, 0.3) is 0 Å². The van der Waals surface area contributed by atoms with Crippen molar-refractivity contribution in [2.45, 2.75) is 38.2 Å². The minimum Gasteiger partial charge on any atom is -0.385 e. The summed E-state index contributed by atoms with van der Waals surface area (Å²) in [4.78, 5) is 0. The molecule has 0 saturated heterocycles. The summed E-state index contributed by atoms with van der Waals surface area (Å²) >= 11 is 0. The van der Waals surface area contributed by atoms with E-state index in [2.05, 4.69) is 0 Å². The maximum Gasteiger partial charge on any atom is 0.123 e. The quantitative estimate of drug-likeness (QED) is 0.830. The smallest absolute Gasteiger partial charge is 0.123 e. The molecule has 1 aromatic rings. The molecule has 1 N–H and O–H groups in total. The lowest BCUT2D eigenvalue weighted by molar-refractivity contribution is -0.0297. The van der Waals surface area contributed by atoms with E-state index in [1.807, 2.05) is 6.92 Å². The topological polar surface area (TPSA) is 20.2 Å². The van der Waals surface area contributed by atoms with Crippen molar-refractivity contribution in [3.05, 3.63) is 35.6 Å². The molecule has 17 heavy (non-hydrogen) atoms. The maximum absolute atomic E-state index is 12.9. The van der Waals surface area contributed by atoms with Crippen LogP contribution in [-0.2, 0) is 5.60 Å². The highest BCUT2D eigenvalue weighted by atomic mass is 19.1. The van der Waals surface area contributed by atoms with E-state index >= 15 is 0 Å². The van der Waals surface area contributed by atoms with Crippen molar-refractivity contribution >= 4 is 0 Å². The van der Waals surface area contributed by atoms with Gasteiger partial charge in [0, 0.05) is 0 Å². The molecule has 0 aromatic heterocycles. The molecule has 0 radical (unpaired) electrons. The van der Waals surface area contributed by atoms with Gasteiger partial charge in [0.1, 0.15) is 5.82 Å². The molecule has 1 aromatic carbocycles. The highest BCUT2D eigenvalue weighted by Gasteiger charge is 2.48. The van der Waals surface area contributed by atoms with Crippen molar-refractivity contribution in [2.75, 3.05) is 0 Å². The first-order valence-corrected chi connectivity index (χ1v) is 6.56. The van der Waals surface area contributed by atoms with Crippen LogP contribution in [0.15, 0.2) is 24.3 Å². The third-order valence-corrected chi connectivity index (χ3v) is 4.89. The molecule has 2 fully saturated rings. The van der Waals surface area contributed by atoms with Gasteiger partial charge in [-0.3, -0.25) is 0 Å². The Labute approximate surface area is 102 Å². The lowest BCUT2D eigenvalue weighted by Crippen LogP contribution is -2.35. The summed E-state index contributed by atoms with van der Waals surface area (Å²) in [6.07, 6.45) is 5.00. The van der Waals surface area contributed by atoms with Crippen molar-refractivity contribution in [1.82, 2.24) is 0 Å². The Kier molecular flexibility index (Phi) is 2.51. The molecule has 92 valence electrons. The van der Waals surface area contributed by atoms with Crippen molar-refractivity contribution in [2.24, 2.45) is 17.8 Å². The zero-order valence-corrected chi connectivity index (χ0v) is 10.2. The van der Waals surface area contributed by atoms with E-state index in [0.717, 1.165) is 17.9 Å². The van der Waals surface area contributed by atoms with Crippen LogP contribution in [0.2, 0.25) is 0 Å². The van der Waals surface area contributed by atoms with E-state index in [1.54, 1.807) is 12.1 Å². The Morgan fingerprint density at radius 2 is 1.88 bits per heavy atom. The van der Waals surface area contributed by atoms with Crippen LogP contribution in [-0.4, -0.2) is 5.11 Å². The van der Waals surface area contributed by atoms with Gasteiger partial charge in [0.15, 0.2) is 0 Å². The zero-order valence-electron chi connectivity index (χ0n) is 10.2. The molecule has 3 rings (SSSR count). The van der Waals surface area contributed by atoms with Gasteiger partial charge in [-0.1, -0.05) is 18.6 Å². The molecule has 0 aliphatic heterocycles. The van der Waals surface area contributed by atoms with Gasteiger partial charge in [-0.15, -0.1) is 0 Å². The van der Waals surface area contributed by atoms with Crippen LogP contribution in [0.4, 0.5) is 4.39 Å². The van der Waals surface area contributed by atoms with Crippen LogP contribution in [0.3, 0.4) is 0 Å². The van der Waals surface area contributed by atoms with Crippen LogP contribution in [0.5, 0.6) is 0 Å². The molecule has 0 amide bonds. The SMILES string of the molecule is CC(O)(c1ccc(F)cc1)C1CC2CCC1C2. The Hall–Kier alpha value is -0.890. The van der Waals surface area contributed by atoms with Gasteiger partial charge in [-0.25, -0.2) is 4.39 Å². The third-order valence-electron chi connectivity index (χ3n) is 4.89. The van der Waals surface area contributed by atoms with Gasteiger partial charge in [-0.2, -0.15) is 0 Å². The van der Waals surface area contributed by atoms with Gasteiger partial charge < -0.3 is 5.11 Å². The fraction of sp³-hybridized carbons (Fsp3) is 0.600. The number of aliphatic hydroxyl groups is 1. The van der Waals surface area contributed by atoms with Gasteiger partial charge >= 0.3 is 0 Å². The summed E-state index contributed by atoms with van der Waals surface area (Å²) < 4.78 is 12.9. The molecular weight excluding hydrogens is 215 g/mol. The van der Waals surface area contributed by atoms with E-state index in [4.69, 9.17) is 0 Å². The molecule has 2 saturated carbocycles. The number of hydrogen-bond donors (Lipinski definition) is 1. The number of halogens is 1. The summed E-state index contributed by atoms with van der Waals surface area (Å²) in [6.45, 7) is 1.89. The molecule has 2 bridgehead atoms. The molecule has 0 heterocycles. The average Bonchev–Trinajstić information content (AvgIpc) is 2.91. The van der Waals surface area contributed by atoms with Crippen LogP contribution >= 0.6 is 0 Å². The van der Waals surface area contributed by atoms with Crippen LogP contribution in [0.1, 0.15) is 38.2 Å². The predicted molar refractivity (Wildman–Crippen MR) is 64.9 cm³/mol. The first-order valence-electron chi connectivity index (χ1n) is 6.56. The summed E-state index contributed by atoms with van der Waals surface area (Å²) in [5.41, 5.74) is 0.0597. The zero-order chi connectivity index (χ0) is 12.0. The van der Waals surface area contributed by atoms with Crippen molar-refractivity contribution in [3.63, 3.8) is 0 Å². The highest BCUT2D eigenvalue weighted by molar-refractivity contribution is 5.24. The summed E-state index contributed by atoms with van der Waals surface area (Å²) in [5, 5.41) is 10.8. The predicted octanol–water partition coefficient (Wildman–Crippen LogP) is 3.47. The standard InChI is InChI=1S/C15H19FO/c1-15(17,12-4-6-13(16)7-5-12)14-9-10-2-3-11(14)8-10/h4-7,10-11,14,17H,2-3,8-9H2,1H3. The molecule has 1 nitrogen and oxygen atoms in total. The summed E-state index contributed by atoms with van der Waals surface area (Å²) in [7, 11) is 0. The van der Waals surface area contributed by atoms with E-state index in [1.165, 1.54) is 31.4 Å². The van der Waals surface area contributed by atoms with Gasteiger partial charge in [0.05, 0.1) is 5.60 Å². The number of rotatable bonds is 2. The second kappa shape index (κ2) is 3.81. The summed E-state index contributed by atoms with van der Waals surface area (Å²) in [6, 6.07) is 6.33. The molecule has 4 atom stereocenters. The average molecular weight is 234 g/mol. The Morgan fingerprint density at radius 1 is 1.18 bits per heavy atom. The molecule has 0 spiro atoms. The fourth-order valence-corrected chi connectivity index (χ4v) is 3.93. The van der Waals surface area contributed by atoms with E-state index in [-0.39, 0.29) is 5.82 Å². The van der Waals surface area contributed by atoms with Crippen LogP contribution < -0.4 is 0 Å². The number of hydrogen-bond acceptors (Lipinski definition) is 1. The first-order chi connectivity index (χ1) is 8.07. The molecular formula is C15H19FO. The van der Waals surface area contributed by atoms with Gasteiger partial charge in [0.2, 0.25) is 0 Å². The second-order valence-electron chi connectivity index (χ2n) is 5.94. The normalized spacial score (nSPS) is 34.9. The molecule has 2 aliphatic carbocycles. The lowest BCUT2D eigenvalue weighted by Gasteiger charge is -2.36. The Morgan fingerprint density at radius 3 is 2.41 bits per heavy atom. The highest BCUT2D eigenvalue weighted by Crippen LogP contribution is 2.54. The second-order valence-corrected chi connectivity index (χ2v) is 5.94. The Bertz CT molecular complexity index is 409. The van der Waals surface area contributed by atoms with Gasteiger partial charge in [0.25, 0.3) is 0 Å². The molecule has 4 unspecified atom stereocenters. The lowest BCUT2D eigenvalue weighted by atomic mass is 9.74. The minimum absolute atomic E-state index is 0.238. The minimum atomic E-state index is -0.798. The number of benzene rings is 1. The molecule has 2 aliphatic rings. The van der Waals surface area contributed by atoms with Crippen molar-refractivity contribution < 1.29 is 9.50 Å². The summed E-state index contributed by atoms with van der Waals surface area (Å²) in [5.74, 6) is 1.60. The van der Waals surface area contributed by atoms with E-state index < -0.39 is 5.60 Å². The van der Waals surface area contributed by atoms with Crippen LogP contribution in [0, 0.1) is 23.6 Å². The Balaban J connectivity index is 1.87. The maximum atomic E-state index is 12.9. The largest absolute Gasteiger partial charge is 0.385 e. The first kappa shape index (κ1) is 11.2. The van der Waals surface area contributed by atoms with Gasteiger partial charge in [-0.05, 0) is 61.6 Å². The van der Waals surface area contributed by atoms with Crippen molar-refractivity contribution in [3.8, 4) is 0 Å². The monoisotopic (exact) mass is 234 g/mol. The van der Waals surface area contributed by atoms with E-state index in [0.29, 0.717) is 11.8 Å². The van der Waals surface area contributed by atoms with Crippen molar-refractivity contribution in [1.29, 1.82) is 0 Å². The fourth-order valence-electron chi connectivity index (χ4n) is 3.93. The number of fused-ring (bicyclic) bond motifs is 2. The molecule has 2 heteroatoms. The third kappa shape index (κ3) is 1.79. The van der Waals surface area contributed by atoms with E-state index in [9.17, 15) is 9.50 Å².